The molecule has 1 aromatic rings. The fourth-order valence-electron chi connectivity index (χ4n) is 1.55. The van der Waals surface area contributed by atoms with Crippen LogP contribution in [0.25, 0.3) is 0 Å². The Bertz CT molecular complexity index is 398. The summed E-state index contributed by atoms with van der Waals surface area (Å²) in [7, 11) is 0. The lowest BCUT2D eigenvalue weighted by Gasteiger charge is -2.06. The SMILES string of the molecule is CCCc1ccc(C(=O)C[C@@H](N)C(=O)O)cc1. The normalized spacial score (nSPS) is 12.1. The number of rotatable bonds is 6. The zero-order chi connectivity index (χ0) is 12.8. The van der Waals surface area contributed by atoms with E-state index in [1.54, 1.807) is 12.1 Å². The van der Waals surface area contributed by atoms with Crippen molar-refractivity contribution < 1.29 is 14.7 Å². The van der Waals surface area contributed by atoms with Gasteiger partial charge in [0, 0.05) is 12.0 Å². The number of carboxylic acids is 1. The lowest BCUT2D eigenvalue weighted by Crippen LogP contribution is -2.32. The molecule has 3 N–H and O–H groups in total. The summed E-state index contributed by atoms with van der Waals surface area (Å²) < 4.78 is 0. The quantitative estimate of drug-likeness (QED) is 0.734. The van der Waals surface area contributed by atoms with Crippen molar-refractivity contribution >= 4 is 11.8 Å². The monoisotopic (exact) mass is 235 g/mol. The highest BCUT2D eigenvalue weighted by atomic mass is 16.4. The molecule has 0 aromatic heterocycles. The van der Waals surface area contributed by atoms with Crippen LogP contribution >= 0.6 is 0 Å². The van der Waals surface area contributed by atoms with Crippen LogP contribution < -0.4 is 5.73 Å². The third kappa shape index (κ3) is 4.00. The van der Waals surface area contributed by atoms with Crippen molar-refractivity contribution in [1.82, 2.24) is 0 Å². The molecule has 0 amide bonds. The van der Waals surface area contributed by atoms with Gasteiger partial charge in [0.2, 0.25) is 0 Å². The van der Waals surface area contributed by atoms with Crippen LogP contribution in [-0.2, 0) is 11.2 Å². The van der Waals surface area contributed by atoms with Gasteiger partial charge in [0.05, 0.1) is 0 Å². The van der Waals surface area contributed by atoms with Gasteiger partial charge in [0.15, 0.2) is 5.78 Å². The molecule has 4 nitrogen and oxygen atoms in total. The highest BCUT2D eigenvalue weighted by Crippen LogP contribution is 2.09. The second-order valence-electron chi connectivity index (χ2n) is 4.02. The minimum absolute atomic E-state index is 0.164. The number of Topliss-reactive ketones (excluding diaryl/α,β-unsaturated/α-hetero) is 1. The van der Waals surface area contributed by atoms with Crippen LogP contribution in [0.4, 0.5) is 0 Å². The van der Waals surface area contributed by atoms with Crippen molar-refractivity contribution in [2.75, 3.05) is 0 Å². The van der Waals surface area contributed by atoms with E-state index >= 15 is 0 Å². The van der Waals surface area contributed by atoms with Crippen LogP contribution in [0.2, 0.25) is 0 Å². The first kappa shape index (κ1) is 13.4. The molecule has 1 atom stereocenters. The molecule has 0 spiro atoms. The molecule has 0 bridgehead atoms. The van der Waals surface area contributed by atoms with Gasteiger partial charge >= 0.3 is 5.97 Å². The maximum atomic E-state index is 11.7. The number of carbonyl (C=O) groups excluding carboxylic acids is 1. The van der Waals surface area contributed by atoms with E-state index < -0.39 is 12.0 Å². The number of carbonyl (C=O) groups is 2. The van der Waals surface area contributed by atoms with Crippen LogP contribution in [0.3, 0.4) is 0 Å². The third-order valence-electron chi connectivity index (χ3n) is 2.54. The molecule has 4 heteroatoms. The van der Waals surface area contributed by atoms with Crippen LogP contribution in [0.1, 0.15) is 35.7 Å². The molecule has 0 radical (unpaired) electrons. The van der Waals surface area contributed by atoms with Crippen LogP contribution in [0, 0.1) is 0 Å². The summed E-state index contributed by atoms with van der Waals surface area (Å²) in [5.74, 6) is -1.39. The minimum Gasteiger partial charge on any atom is -0.480 e. The zero-order valence-electron chi connectivity index (χ0n) is 9.85. The Morgan fingerprint density at radius 1 is 1.29 bits per heavy atom. The lowest BCUT2D eigenvalue weighted by atomic mass is 10.0. The van der Waals surface area contributed by atoms with E-state index in [9.17, 15) is 9.59 Å². The first-order chi connectivity index (χ1) is 8.04. The molecule has 1 aromatic carbocycles. The van der Waals surface area contributed by atoms with Gasteiger partial charge in [-0.15, -0.1) is 0 Å². The molecule has 0 saturated carbocycles. The second-order valence-corrected chi connectivity index (χ2v) is 4.02. The van der Waals surface area contributed by atoms with Crippen molar-refractivity contribution in [2.24, 2.45) is 5.73 Å². The maximum Gasteiger partial charge on any atom is 0.320 e. The standard InChI is InChI=1S/C13H17NO3/c1-2-3-9-4-6-10(7-5-9)12(15)8-11(14)13(16)17/h4-7,11H,2-3,8,14H2,1H3,(H,16,17)/t11-/m1/s1. The molecular weight excluding hydrogens is 218 g/mol. The molecular formula is C13H17NO3. The van der Waals surface area contributed by atoms with Gasteiger partial charge < -0.3 is 10.8 Å². The highest BCUT2D eigenvalue weighted by Gasteiger charge is 2.17. The number of aryl methyl sites for hydroxylation is 1. The first-order valence-electron chi connectivity index (χ1n) is 5.65. The molecule has 0 aliphatic carbocycles. The Morgan fingerprint density at radius 2 is 1.88 bits per heavy atom. The fraction of sp³-hybridized carbons (Fsp3) is 0.385. The number of aliphatic carboxylic acids is 1. The summed E-state index contributed by atoms with van der Waals surface area (Å²) >= 11 is 0. The summed E-state index contributed by atoms with van der Waals surface area (Å²) in [4.78, 5) is 22.2. The number of hydrogen-bond donors (Lipinski definition) is 2. The van der Waals surface area contributed by atoms with E-state index in [0.717, 1.165) is 12.8 Å². The van der Waals surface area contributed by atoms with E-state index in [-0.39, 0.29) is 12.2 Å². The number of carboxylic acid groups (broad SMARTS) is 1. The summed E-state index contributed by atoms with van der Waals surface area (Å²) in [6, 6.07) is 6.10. The fourth-order valence-corrected chi connectivity index (χ4v) is 1.55. The molecule has 92 valence electrons. The van der Waals surface area contributed by atoms with Crippen LogP contribution in [0.5, 0.6) is 0 Å². The third-order valence-corrected chi connectivity index (χ3v) is 2.54. The summed E-state index contributed by atoms with van der Waals surface area (Å²) in [6.07, 6.45) is 1.86. The smallest absolute Gasteiger partial charge is 0.320 e. The average Bonchev–Trinajstić information content (AvgIpc) is 2.30. The Balaban J connectivity index is 2.66. The van der Waals surface area contributed by atoms with Crippen molar-refractivity contribution in [3.05, 3.63) is 35.4 Å². The number of ketones is 1. The van der Waals surface area contributed by atoms with Crippen molar-refractivity contribution in [3.63, 3.8) is 0 Å². The van der Waals surface area contributed by atoms with Gasteiger partial charge in [0.25, 0.3) is 0 Å². The molecule has 0 aliphatic heterocycles. The molecule has 0 aliphatic rings. The average molecular weight is 235 g/mol. The zero-order valence-corrected chi connectivity index (χ0v) is 9.85. The largest absolute Gasteiger partial charge is 0.480 e. The predicted molar refractivity (Wildman–Crippen MR) is 65.0 cm³/mol. The van der Waals surface area contributed by atoms with Crippen molar-refractivity contribution in [1.29, 1.82) is 0 Å². The number of nitrogens with two attached hydrogens (primary N) is 1. The molecule has 0 unspecified atom stereocenters. The van der Waals surface area contributed by atoms with E-state index in [2.05, 4.69) is 6.92 Å². The van der Waals surface area contributed by atoms with Crippen LogP contribution in [-0.4, -0.2) is 22.9 Å². The minimum atomic E-state index is -1.15. The Labute approximate surface area is 100 Å². The number of hydrogen-bond acceptors (Lipinski definition) is 3. The number of benzene rings is 1. The molecule has 0 heterocycles. The summed E-state index contributed by atoms with van der Waals surface area (Å²) in [6.45, 7) is 2.09. The maximum absolute atomic E-state index is 11.7. The van der Waals surface area contributed by atoms with Gasteiger partial charge in [-0.05, 0) is 12.0 Å². The summed E-state index contributed by atoms with van der Waals surface area (Å²) in [5.41, 5.74) is 7.00. The first-order valence-corrected chi connectivity index (χ1v) is 5.65. The topological polar surface area (TPSA) is 80.4 Å². The molecule has 0 fully saturated rings. The van der Waals surface area contributed by atoms with Gasteiger partial charge in [-0.25, -0.2) is 0 Å². The van der Waals surface area contributed by atoms with E-state index in [1.807, 2.05) is 12.1 Å². The van der Waals surface area contributed by atoms with E-state index in [0.29, 0.717) is 5.56 Å². The van der Waals surface area contributed by atoms with Gasteiger partial charge in [-0.1, -0.05) is 37.6 Å². The highest BCUT2D eigenvalue weighted by molar-refractivity contribution is 5.98. The predicted octanol–water partition coefficient (Wildman–Crippen LogP) is 1.62. The van der Waals surface area contributed by atoms with Gasteiger partial charge in [-0.3, -0.25) is 9.59 Å². The van der Waals surface area contributed by atoms with Crippen LogP contribution in [0.15, 0.2) is 24.3 Å². The molecule has 0 saturated heterocycles. The van der Waals surface area contributed by atoms with E-state index in [1.165, 1.54) is 5.56 Å². The Kier molecular flexibility index (Phi) is 4.84. The second kappa shape index (κ2) is 6.15. The lowest BCUT2D eigenvalue weighted by molar-refractivity contribution is -0.138. The summed E-state index contributed by atoms with van der Waals surface area (Å²) in [5, 5.41) is 8.61. The van der Waals surface area contributed by atoms with Crippen molar-refractivity contribution in [2.45, 2.75) is 32.2 Å². The van der Waals surface area contributed by atoms with Crippen molar-refractivity contribution in [3.8, 4) is 0 Å². The Morgan fingerprint density at radius 3 is 2.35 bits per heavy atom. The Hall–Kier alpha value is -1.68. The van der Waals surface area contributed by atoms with Gasteiger partial charge in [-0.2, -0.15) is 0 Å². The molecule has 17 heavy (non-hydrogen) atoms. The molecule has 1 rings (SSSR count). The van der Waals surface area contributed by atoms with E-state index in [4.69, 9.17) is 10.8 Å². The van der Waals surface area contributed by atoms with Gasteiger partial charge in [0.1, 0.15) is 6.04 Å².